The highest BCUT2D eigenvalue weighted by Crippen LogP contribution is 2.43. The largest absolute Gasteiger partial charge is 0.416 e. The van der Waals surface area contributed by atoms with Gasteiger partial charge in [0.1, 0.15) is 0 Å². The fraction of sp³-hybridized carbons (Fsp3) is 0.0816. The Labute approximate surface area is 335 Å². The molecule has 2 heterocycles. The van der Waals surface area contributed by atoms with E-state index in [1.807, 2.05) is 91.9 Å². The Balaban J connectivity index is 1.36. The first-order valence-corrected chi connectivity index (χ1v) is 18.7. The molecule has 0 atom stereocenters. The number of fused-ring (bicyclic) bond motifs is 3. The number of rotatable bonds is 6. The molecule has 0 aliphatic heterocycles. The van der Waals surface area contributed by atoms with Crippen molar-refractivity contribution >= 4 is 21.8 Å². The van der Waals surface area contributed by atoms with Crippen LogP contribution in [0.2, 0.25) is 0 Å². The van der Waals surface area contributed by atoms with Crippen LogP contribution in [0.15, 0.2) is 158 Å². The van der Waals surface area contributed by atoms with Gasteiger partial charge >= 0.3 is 12.4 Å². The SMILES string of the molecule is Cc1ccc(-c2ccc3c4ccccc4n(-c4ccc(-c5cc(C(F)(F)F)cc(C(F)(F)F)c5)c(-c5nc(-c6ccccc6)nc(-c6ccccc6)n5)c4)c3c2)c(C)c1. The number of hydrogen-bond donors (Lipinski definition) is 0. The van der Waals surface area contributed by atoms with Gasteiger partial charge in [0, 0.05) is 33.2 Å². The lowest BCUT2D eigenvalue weighted by Crippen LogP contribution is -2.11. The highest BCUT2D eigenvalue weighted by atomic mass is 19.4. The summed E-state index contributed by atoms with van der Waals surface area (Å²) in [6.45, 7) is 4.10. The molecule has 0 bridgehead atoms. The van der Waals surface area contributed by atoms with Gasteiger partial charge in [0.05, 0.1) is 22.2 Å². The van der Waals surface area contributed by atoms with Crippen LogP contribution in [0.4, 0.5) is 26.3 Å². The van der Waals surface area contributed by atoms with E-state index in [-0.39, 0.29) is 40.2 Å². The molecule has 0 unspecified atom stereocenters. The average molecular weight is 791 g/mol. The summed E-state index contributed by atoms with van der Waals surface area (Å²) in [7, 11) is 0. The number of aromatic nitrogens is 4. The van der Waals surface area contributed by atoms with Crippen LogP contribution in [-0.2, 0) is 12.4 Å². The van der Waals surface area contributed by atoms with E-state index in [1.54, 1.807) is 18.2 Å². The number of para-hydroxylation sites is 1. The summed E-state index contributed by atoms with van der Waals surface area (Å²) in [5, 5.41) is 1.93. The molecule has 0 spiro atoms. The van der Waals surface area contributed by atoms with Gasteiger partial charge in [-0.1, -0.05) is 121 Å². The zero-order chi connectivity index (χ0) is 41.1. The summed E-state index contributed by atoms with van der Waals surface area (Å²) in [5.41, 5.74) is 5.01. The molecule has 9 aromatic rings. The predicted octanol–water partition coefficient (Wildman–Crippen LogP) is 14.0. The first-order valence-electron chi connectivity index (χ1n) is 18.7. The number of nitrogens with zero attached hydrogens (tertiary/aromatic N) is 4. The molecule has 0 aliphatic carbocycles. The quantitative estimate of drug-likeness (QED) is 0.158. The van der Waals surface area contributed by atoms with Gasteiger partial charge in [0.2, 0.25) is 0 Å². The standard InChI is InChI=1S/C49H32F6N4/c1-29-17-20-38(30(2)23-29)33-18-21-41-40-15-9-10-16-43(40)59(44(41)26-33)37-19-22-39(34-24-35(48(50,51)52)27-36(25-34)49(53,54)55)42(28-37)47-57-45(31-11-5-3-6-12-31)56-46(58-47)32-13-7-4-8-14-32/h3-28H,1-2H3. The second-order valence-corrected chi connectivity index (χ2v) is 14.5. The summed E-state index contributed by atoms with van der Waals surface area (Å²) in [5.74, 6) is 0.624. The van der Waals surface area contributed by atoms with Crippen molar-refractivity contribution in [3.05, 3.63) is 180 Å². The molecule has 2 aromatic heterocycles. The van der Waals surface area contributed by atoms with Crippen LogP contribution in [0.1, 0.15) is 22.3 Å². The summed E-state index contributed by atoms with van der Waals surface area (Å²) >= 11 is 0. The van der Waals surface area contributed by atoms with Crippen molar-refractivity contribution in [2.24, 2.45) is 0 Å². The van der Waals surface area contributed by atoms with Crippen molar-refractivity contribution in [3.63, 3.8) is 0 Å². The van der Waals surface area contributed by atoms with Crippen LogP contribution >= 0.6 is 0 Å². The molecule has 0 fully saturated rings. The first kappa shape index (κ1) is 37.5. The summed E-state index contributed by atoms with van der Waals surface area (Å²) in [4.78, 5) is 14.5. The molecule has 0 aliphatic rings. The van der Waals surface area contributed by atoms with E-state index in [0.29, 0.717) is 16.8 Å². The van der Waals surface area contributed by atoms with E-state index in [0.717, 1.165) is 56.2 Å². The summed E-state index contributed by atoms with van der Waals surface area (Å²) in [6, 6.07) is 45.2. The summed E-state index contributed by atoms with van der Waals surface area (Å²) < 4.78 is 87.8. The molecule has 7 aromatic carbocycles. The Bertz CT molecular complexity index is 2950. The van der Waals surface area contributed by atoms with Crippen LogP contribution in [0.25, 0.3) is 83.9 Å². The van der Waals surface area contributed by atoms with E-state index >= 15 is 0 Å². The van der Waals surface area contributed by atoms with Gasteiger partial charge in [0.15, 0.2) is 17.5 Å². The van der Waals surface area contributed by atoms with Crippen molar-refractivity contribution in [1.29, 1.82) is 0 Å². The lowest BCUT2D eigenvalue weighted by molar-refractivity contribution is -0.143. The van der Waals surface area contributed by atoms with Crippen LogP contribution in [0, 0.1) is 13.8 Å². The third-order valence-electron chi connectivity index (χ3n) is 10.5. The molecule has 0 saturated heterocycles. The predicted molar refractivity (Wildman–Crippen MR) is 221 cm³/mol. The molecule has 9 rings (SSSR count). The normalized spacial score (nSPS) is 12.1. The van der Waals surface area contributed by atoms with E-state index in [1.165, 1.54) is 0 Å². The molecule has 0 amide bonds. The Morgan fingerprint density at radius 1 is 0.407 bits per heavy atom. The van der Waals surface area contributed by atoms with Crippen molar-refractivity contribution in [3.8, 4) is 62.1 Å². The van der Waals surface area contributed by atoms with Crippen LogP contribution in [0.3, 0.4) is 0 Å². The minimum atomic E-state index is -5.05. The second kappa shape index (κ2) is 14.4. The molecule has 0 radical (unpaired) electrons. The fourth-order valence-corrected chi connectivity index (χ4v) is 7.70. The van der Waals surface area contributed by atoms with Crippen molar-refractivity contribution < 1.29 is 26.3 Å². The number of aryl methyl sites for hydroxylation is 2. The molecular formula is C49H32F6N4. The highest BCUT2D eigenvalue weighted by Gasteiger charge is 2.37. The highest BCUT2D eigenvalue weighted by molar-refractivity contribution is 6.10. The van der Waals surface area contributed by atoms with Crippen LogP contribution < -0.4 is 0 Å². The summed E-state index contributed by atoms with van der Waals surface area (Å²) in [6.07, 6.45) is -10.1. The van der Waals surface area contributed by atoms with Crippen LogP contribution in [0.5, 0.6) is 0 Å². The first-order chi connectivity index (χ1) is 28.3. The Kier molecular flexibility index (Phi) is 9.15. The maximum absolute atomic E-state index is 14.3. The lowest BCUT2D eigenvalue weighted by atomic mass is 9.94. The second-order valence-electron chi connectivity index (χ2n) is 14.5. The topological polar surface area (TPSA) is 43.6 Å². The average Bonchev–Trinajstić information content (AvgIpc) is 3.57. The number of benzene rings is 7. The smallest absolute Gasteiger partial charge is 0.309 e. The van der Waals surface area contributed by atoms with E-state index in [9.17, 15) is 26.3 Å². The number of hydrogen-bond acceptors (Lipinski definition) is 3. The monoisotopic (exact) mass is 790 g/mol. The van der Waals surface area contributed by atoms with Gasteiger partial charge in [-0.3, -0.25) is 0 Å². The molecule has 0 N–H and O–H groups in total. The third kappa shape index (κ3) is 7.11. The van der Waals surface area contributed by atoms with Crippen molar-refractivity contribution in [2.45, 2.75) is 26.2 Å². The minimum absolute atomic E-state index is 0.0669. The maximum Gasteiger partial charge on any atom is 0.416 e. The molecule has 4 nitrogen and oxygen atoms in total. The van der Waals surface area contributed by atoms with Gasteiger partial charge in [0.25, 0.3) is 0 Å². The molecule has 0 saturated carbocycles. The maximum atomic E-state index is 14.3. The number of halogens is 6. The minimum Gasteiger partial charge on any atom is -0.309 e. The fourth-order valence-electron chi connectivity index (χ4n) is 7.70. The van der Waals surface area contributed by atoms with E-state index in [4.69, 9.17) is 15.0 Å². The van der Waals surface area contributed by atoms with Crippen molar-refractivity contribution in [1.82, 2.24) is 19.5 Å². The molecule has 10 heteroatoms. The van der Waals surface area contributed by atoms with Gasteiger partial charge < -0.3 is 4.57 Å². The Hall–Kier alpha value is -7.07. The van der Waals surface area contributed by atoms with Crippen LogP contribution in [-0.4, -0.2) is 19.5 Å². The van der Waals surface area contributed by atoms with E-state index in [2.05, 4.69) is 47.9 Å². The number of alkyl halides is 6. The van der Waals surface area contributed by atoms with Gasteiger partial charge in [-0.05, 0) is 84.1 Å². The van der Waals surface area contributed by atoms with E-state index < -0.39 is 23.5 Å². The Morgan fingerprint density at radius 2 is 0.966 bits per heavy atom. The lowest BCUT2D eigenvalue weighted by Gasteiger charge is -2.18. The van der Waals surface area contributed by atoms with Gasteiger partial charge in [-0.15, -0.1) is 0 Å². The van der Waals surface area contributed by atoms with Gasteiger partial charge in [-0.2, -0.15) is 26.3 Å². The Morgan fingerprint density at radius 3 is 1.58 bits per heavy atom. The molecule has 290 valence electrons. The third-order valence-corrected chi connectivity index (χ3v) is 10.5. The van der Waals surface area contributed by atoms with Crippen molar-refractivity contribution in [2.75, 3.05) is 0 Å². The zero-order valence-electron chi connectivity index (χ0n) is 31.6. The van der Waals surface area contributed by atoms with Gasteiger partial charge in [-0.25, -0.2) is 15.0 Å². The molecular weight excluding hydrogens is 759 g/mol. The molecule has 59 heavy (non-hydrogen) atoms. The zero-order valence-corrected chi connectivity index (χ0v) is 31.6.